The number of nitrogens with one attached hydrogen (secondary N) is 1. The van der Waals surface area contributed by atoms with Crippen LogP contribution < -0.4 is 10.2 Å². The highest BCUT2D eigenvalue weighted by molar-refractivity contribution is 5.91. The fourth-order valence-electron chi connectivity index (χ4n) is 2.67. The van der Waals surface area contributed by atoms with Gasteiger partial charge in [0.25, 0.3) is 5.91 Å². The Morgan fingerprint density at radius 1 is 1.32 bits per heavy atom. The van der Waals surface area contributed by atoms with Crippen LogP contribution in [0.2, 0.25) is 0 Å². The zero-order valence-corrected chi connectivity index (χ0v) is 14.7. The minimum absolute atomic E-state index is 0.0761. The first-order valence-corrected chi connectivity index (χ1v) is 8.65. The number of nitrogens with zero attached hydrogens (tertiary/aromatic N) is 5. The molecule has 0 atom stereocenters. The molecule has 1 aliphatic heterocycles. The molecule has 0 bridgehead atoms. The van der Waals surface area contributed by atoms with Gasteiger partial charge in [-0.2, -0.15) is 10.1 Å². The molecular weight excluding hydrogens is 320 g/mol. The standard InChI is InChI=1S/C17H24N6O2/c1-13(2)5-6-18-15-12-19-21-17(20-15)23-9-7-22(8-10-23)16(24)14-4-3-11-25-14/h3-4,11-13H,5-10H2,1-2H3,(H,18,20,21). The summed E-state index contributed by atoms with van der Waals surface area (Å²) in [6.07, 6.45) is 4.23. The third kappa shape index (κ3) is 4.46. The van der Waals surface area contributed by atoms with Gasteiger partial charge in [0.1, 0.15) is 0 Å². The Bertz CT molecular complexity index is 680. The van der Waals surface area contributed by atoms with Crippen molar-refractivity contribution >= 4 is 17.7 Å². The van der Waals surface area contributed by atoms with Crippen LogP contribution in [0.4, 0.5) is 11.8 Å². The maximum absolute atomic E-state index is 12.3. The van der Waals surface area contributed by atoms with Crippen LogP contribution in [-0.4, -0.2) is 58.7 Å². The predicted octanol–water partition coefficient (Wildman–Crippen LogP) is 1.89. The molecule has 0 unspecified atom stereocenters. The van der Waals surface area contributed by atoms with E-state index >= 15 is 0 Å². The Hall–Kier alpha value is -2.64. The molecule has 2 aromatic rings. The highest BCUT2D eigenvalue weighted by Gasteiger charge is 2.25. The summed E-state index contributed by atoms with van der Waals surface area (Å²) in [7, 11) is 0. The van der Waals surface area contributed by atoms with Crippen molar-refractivity contribution in [1.29, 1.82) is 0 Å². The van der Waals surface area contributed by atoms with E-state index in [0.29, 0.717) is 43.8 Å². The number of aromatic nitrogens is 3. The Balaban J connectivity index is 1.55. The number of hydrogen-bond donors (Lipinski definition) is 1. The zero-order chi connectivity index (χ0) is 17.6. The summed E-state index contributed by atoms with van der Waals surface area (Å²) in [5, 5.41) is 11.5. The fourth-order valence-corrected chi connectivity index (χ4v) is 2.67. The Morgan fingerprint density at radius 2 is 2.12 bits per heavy atom. The van der Waals surface area contributed by atoms with Crippen molar-refractivity contribution in [3.05, 3.63) is 30.4 Å². The molecule has 8 nitrogen and oxygen atoms in total. The average Bonchev–Trinajstić information content (AvgIpc) is 3.16. The van der Waals surface area contributed by atoms with Gasteiger partial charge in [-0.05, 0) is 24.5 Å². The van der Waals surface area contributed by atoms with Crippen molar-refractivity contribution < 1.29 is 9.21 Å². The first-order chi connectivity index (χ1) is 12.1. The van der Waals surface area contributed by atoms with E-state index in [1.807, 2.05) is 4.90 Å². The molecule has 134 valence electrons. The van der Waals surface area contributed by atoms with Crippen LogP contribution in [0.1, 0.15) is 30.8 Å². The normalized spacial score (nSPS) is 14.8. The van der Waals surface area contributed by atoms with Crippen LogP contribution in [0.15, 0.2) is 29.0 Å². The maximum Gasteiger partial charge on any atom is 0.289 e. The molecule has 0 aromatic carbocycles. The van der Waals surface area contributed by atoms with E-state index in [1.54, 1.807) is 23.2 Å². The van der Waals surface area contributed by atoms with E-state index in [-0.39, 0.29) is 5.91 Å². The van der Waals surface area contributed by atoms with Crippen LogP contribution >= 0.6 is 0 Å². The summed E-state index contributed by atoms with van der Waals surface area (Å²) in [6.45, 7) is 7.79. The Kier molecular flexibility index (Phi) is 5.47. The Labute approximate surface area is 147 Å². The molecule has 0 spiro atoms. The summed E-state index contributed by atoms with van der Waals surface area (Å²) < 4.78 is 5.18. The van der Waals surface area contributed by atoms with Crippen molar-refractivity contribution in [2.24, 2.45) is 5.92 Å². The molecule has 3 heterocycles. The number of piperazine rings is 1. The summed E-state index contributed by atoms with van der Waals surface area (Å²) in [5.41, 5.74) is 0. The largest absolute Gasteiger partial charge is 0.459 e. The van der Waals surface area contributed by atoms with Crippen molar-refractivity contribution in [2.75, 3.05) is 42.9 Å². The lowest BCUT2D eigenvalue weighted by molar-refractivity contribution is 0.0714. The number of carbonyl (C=O) groups excluding carboxylic acids is 1. The first-order valence-electron chi connectivity index (χ1n) is 8.65. The van der Waals surface area contributed by atoms with Gasteiger partial charge in [0.15, 0.2) is 11.6 Å². The van der Waals surface area contributed by atoms with Crippen LogP contribution in [0.25, 0.3) is 0 Å². The highest BCUT2D eigenvalue weighted by atomic mass is 16.3. The van der Waals surface area contributed by atoms with E-state index in [2.05, 4.69) is 34.3 Å². The third-order valence-electron chi connectivity index (χ3n) is 4.16. The van der Waals surface area contributed by atoms with Gasteiger partial charge < -0.3 is 19.5 Å². The lowest BCUT2D eigenvalue weighted by atomic mass is 10.1. The molecule has 0 saturated carbocycles. The number of anilines is 2. The van der Waals surface area contributed by atoms with Crippen LogP contribution in [0.3, 0.4) is 0 Å². The SMILES string of the molecule is CC(C)CCNc1cnnc(N2CCN(C(=O)c3ccco3)CC2)n1. The molecule has 25 heavy (non-hydrogen) atoms. The van der Waals surface area contributed by atoms with E-state index in [1.165, 1.54) is 6.26 Å². The smallest absolute Gasteiger partial charge is 0.289 e. The van der Waals surface area contributed by atoms with Gasteiger partial charge in [0, 0.05) is 32.7 Å². The number of amides is 1. The average molecular weight is 344 g/mol. The van der Waals surface area contributed by atoms with Gasteiger partial charge in [-0.25, -0.2) is 0 Å². The molecule has 3 rings (SSSR count). The third-order valence-corrected chi connectivity index (χ3v) is 4.16. The van der Waals surface area contributed by atoms with E-state index in [9.17, 15) is 4.79 Å². The summed E-state index contributed by atoms with van der Waals surface area (Å²) in [6, 6.07) is 3.41. The van der Waals surface area contributed by atoms with Crippen LogP contribution in [0, 0.1) is 5.92 Å². The maximum atomic E-state index is 12.3. The number of rotatable bonds is 6. The van der Waals surface area contributed by atoms with Gasteiger partial charge >= 0.3 is 0 Å². The number of carbonyl (C=O) groups is 1. The van der Waals surface area contributed by atoms with Crippen molar-refractivity contribution in [2.45, 2.75) is 20.3 Å². The molecule has 1 fully saturated rings. The van der Waals surface area contributed by atoms with Gasteiger partial charge in [-0.3, -0.25) is 4.79 Å². The molecule has 1 amide bonds. The lowest BCUT2D eigenvalue weighted by Gasteiger charge is -2.34. The number of furan rings is 1. The summed E-state index contributed by atoms with van der Waals surface area (Å²) in [5.74, 6) is 2.27. The molecule has 0 aliphatic carbocycles. The topological polar surface area (TPSA) is 87.4 Å². The van der Waals surface area contributed by atoms with Crippen LogP contribution in [0.5, 0.6) is 0 Å². The Morgan fingerprint density at radius 3 is 2.80 bits per heavy atom. The van der Waals surface area contributed by atoms with E-state index in [0.717, 1.165) is 18.8 Å². The van der Waals surface area contributed by atoms with E-state index < -0.39 is 0 Å². The molecular formula is C17H24N6O2. The second kappa shape index (κ2) is 7.96. The van der Waals surface area contributed by atoms with Gasteiger partial charge in [0.2, 0.25) is 5.95 Å². The number of hydrogen-bond acceptors (Lipinski definition) is 7. The predicted molar refractivity (Wildman–Crippen MR) is 94.6 cm³/mol. The quantitative estimate of drug-likeness (QED) is 0.856. The van der Waals surface area contributed by atoms with E-state index in [4.69, 9.17) is 4.42 Å². The fraction of sp³-hybridized carbons (Fsp3) is 0.529. The minimum Gasteiger partial charge on any atom is -0.459 e. The lowest BCUT2D eigenvalue weighted by Crippen LogP contribution is -2.49. The van der Waals surface area contributed by atoms with Gasteiger partial charge in [-0.15, -0.1) is 5.10 Å². The molecule has 1 aliphatic rings. The van der Waals surface area contributed by atoms with Gasteiger partial charge in [0.05, 0.1) is 12.5 Å². The monoisotopic (exact) mass is 344 g/mol. The molecule has 8 heteroatoms. The van der Waals surface area contributed by atoms with Crippen LogP contribution in [-0.2, 0) is 0 Å². The second-order valence-corrected chi connectivity index (χ2v) is 6.51. The zero-order valence-electron chi connectivity index (χ0n) is 14.7. The first kappa shape index (κ1) is 17.2. The summed E-state index contributed by atoms with van der Waals surface area (Å²) >= 11 is 0. The molecule has 2 aromatic heterocycles. The van der Waals surface area contributed by atoms with Crippen molar-refractivity contribution in [1.82, 2.24) is 20.1 Å². The van der Waals surface area contributed by atoms with Crippen molar-refractivity contribution in [3.8, 4) is 0 Å². The molecule has 0 radical (unpaired) electrons. The molecule has 1 N–H and O–H groups in total. The molecule has 1 saturated heterocycles. The second-order valence-electron chi connectivity index (χ2n) is 6.51. The minimum atomic E-state index is -0.0761. The van der Waals surface area contributed by atoms with Gasteiger partial charge in [-0.1, -0.05) is 13.8 Å². The van der Waals surface area contributed by atoms with Crippen molar-refractivity contribution in [3.63, 3.8) is 0 Å². The summed E-state index contributed by atoms with van der Waals surface area (Å²) in [4.78, 5) is 20.7. The highest BCUT2D eigenvalue weighted by Crippen LogP contribution is 2.14.